The molecule has 1 aromatic carbocycles. The second-order valence-corrected chi connectivity index (χ2v) is 5.97. The molecule has 1 unspecified atom stereocenters. The molecule has 0 amide bonds. The highest BCUT2D eigenvalue weighted by atomic mass is 16.5. The van der Waals surface area contributed by atoms with E-state index in [1.807, 2.05) is 24.3 Å². The van der Waals surface area contributed by atoms with Crippen LogP contribution in [0.4, 0.5) is 0 Å². The highest BCUT2D eigenvalue weighted by molar-refractivity contribution is 5.67. The van der Waals surface area contributed by atoms with Gasteiger partial charge in [-0.15, -0.1) is 0 Å². The van der Waals surface area contributed by atoms with Gasteiger partial charge in [-0.05, 0) is 24.1 Å². The lowest BCUT2D eigenvalue weighted by Gasteiger charge is -2.19. The number of rotatable bonds is 12. The first-order valence-corrected chi connectivity index (χ1v) is 8.65. The number of carbonyl (C=O) groups excluding carboxylic acids is 1. The third-order valence-electron chi connectivity index (χ3n) is 3.77. The normalized spacial score (nSPS) is 11.8. The van der Waals surface area contributed by atoms with Gasteiger partial charge in [0.1, 0.15) is 11.5 Å². The summed E-state index contributed by atoms with van der Waals surface area (Å²) in [7, 11) is 1.65. The van der Waals surface area contributed by atoms with E-state index in [-0.39, 0.29) is 12.1 Å². The average Bonchev–Trinajstić information content (AvgIpc) is 2.56. The molecule has 0 saturated heterocycles. The first kappa shape index (κ1) is 20.2. The van der Waals surface area contributed by atoms with Crippen LogP contribution in [0.5, 0.6) is 5.75 Å². The Hall–Kier alpha value is -1.81. The second kappa shape index (κ2) is 11.7. The average molecular weight is 334 g/mol. The molecular formula is C20H30O4. The highest BCUT2D eigenvalue weighted by Gasteiger charge is 2.13. The van der Waals surface area contributed by atoms with Gasteiger partial charge < -0.3 is 14.2 Å². The van der Waals surface area contributed by atoms with Crippen molar-refractivity contribution in [3.63, 3.8) is 0 Å². The lowest BCUT2D eigenvalue weighted by atomic mass is 10.1. The number of unbranched alkanes of at least 4 members (excludes halogenated alkanes) is 3. The van der Waals surface area contributed by atoms with E-state index >= 15 is 0 Å². The summed E-state index contributed by atoms with van der Waals surface area (Å²) in [5.74, 6) is 0.968. The predicted octanol–water partition coefficient (Wildman–Crippen LogP) is 5.02. The largest absolute Gasteiger partial charge is 0.497 e. The molecule has 0 N–H and O–H groups in total. The molecule has 4 nitrogen and oxygen atoms in total. The zero-order valence-corrected chi connectivity index (χ0v) is 15.2. The van der Waals surface area contributed by atoms with E-state index in [4.69, 9.17) is 14.2 Å². The number of ether oxygens (including phenoxy) is 3. The fourth-order valence-corrected chi connectivity index (χ4v) is 2.48. The van der Waals surface area contributed by atoms with Crippen molar-refractivity contribution in [3.8, 4) is 5.75 Å². The Kier molecular flexibility index (Phi) is 9.85. The van der Waals surface area contributed by atoms with Gasteiger partial charge in [0, 0.05) is 13.3 Å². The van der Waals surface area contributed by atoms with Crippen molar-refractivity contribution < 1.29 is 19.0 Å². The third-order valence-corrected chi connectivity index (χ3v) is 3.77. The molecule has 1 atom stereocenters. The molecular weight excluding hydrogens is 304 g/mol. The van der Waals surface area contributed by atoms with Gasteiger partial charge in [0.25, 0.3) is 0 Å². The number of hydrogen-bond donors (Lipinski definition) is 0. The lowest BCUT2D eigenvalue weighted by molar-refractivity contribution is -0.137. The van der Waals surface area contributed by atoms with Crippen LogP contribution in [-0.4, -0.2) is 19.2 Å². The highest BCUT2D eigenvalue weighted by Crippen LogP contribution is 2.19. The van der Waals surface area contributed by atoms with Crippen molar-refractivity contribution in [1.82, 2.24) is 0 Å². The summed E-state index contributed by atoms with van der Waals surface area (Å²) in [6.45, 7) is 7.92. The zero-order chi connectivity index (χ0) is 17.8. The van der Waals surface area contributed by atoms with E-state index in [1.54, 1.807) is 7.11 Å². The van der Waals surface area contributed by atoms with Gasteiger partial charge in [-0.1, -0.05) is 51.3 Å². The van der Waals surface area contributed by atoms with Crippen LogP contribution in [0.2, 0.25) is 0 Å². The maximum atomic E-state index is 11.0. The number of methoxy groups -OCH3 is 1. The molecule has 0 aliphatic rings. The minimum absolute atomic E-state index is 0.0100. The van der Waals surface area contributed by atoms with Crippen molar-refractivity contribution in [1.29, 1.82) is 0 Å². The van der Waals surface area contributed by atoms with Crippen LogP contribution in [-0.2, 0) is 20.9 Å². The van der Waals surface area contributed by atoms with Crippen molar-refractivity contribution >= 4 is 5.97 Å². The summed E-state index contributed by atoms with van der Waals surface area (Å²) in [5.41, 5.74) is 1.09. The summed E-state index contributed by atoms with van der Waals surface area (Å²) >= 11 is 0. The van der Waals surface area contributed by atoms with E-state index in [9.17, 15) is 4.79 Å². The number of carbonyl (C=O) groups is 1. The van der Waals surface area contributed by atoms with Gasteiger partial charge in [0.2, 0.25) is 0 Å². The monoisotopic (exact) mass is 334 g/mol. The molecule has 134 valence electrons. The maximum absolute atomic E-state index is 11.0. The van der Waals surface area contributed by atoms with Gasteiger partial charge in [-0.3, -0.25) is 4.79 Å². The van der Waals surface area contributed by atoms with Crippen molar-refractivity contribution in [2.75, 3.05) is 7.11 Å². The smallest absolute Gasteiger partial charge is 0.307 e. The molecule has 1 rings (SSSR count). The first-order chi connectivity index (χ1) is 11.5. The van der Waals surface area contributed by atoms with Crippen molar-refractivity contribution in [3.05, 3.63) is 42.2 Å². The van der Waals surface area contributed by atoms with E-state index < -0.39 is 0 Å². The summed E-state index contributed by atoms with van der Waals surface area (Å²) < 4.78 is 16.3. The fourth-order valence-electron chi connectivity index (χ4n) is 2.48. The number of benzene rings is 1. The predicted molar refractivity (Wildman–Crippen MR) is 95.9 cm³/mol. The molecule has 0 spiro atoms. The van der Waals surface area contributed by atoms with E-state index in [2.05, 4.69) is 13.5 Å². The summed E-state index contributed by atoms with van der Waals surface area (Å²) in [4.78, 5) is 11.0. The SMILES string of the molecule is C=C(CC(CCCCCC)OCc1ccc(OC)cc1)OC(C)=O. The Morgan fingerprint density at radius 3 is 2.46 bits per heavy atom. The lowest BCUT2D eigenvalue weighted by Crippen LogP contribution is -2.15. The Bertz CT molecular complexity index is 493. The van der Waals surface area contributed by atoms with Gasteiger partial charge in [0.15, 0.2) is 0 Å². The van der Waals surface area contributed by atoms with Gasteiger partial charge in [-0.25, -0.2) is 0 Å². The Morgan fingerprint density at radius 2 is 1.88 bits per heavy atom. The molecule has 4 heteroatoms. The minimum atomic E-state index is -0.333. The van der Waals surface area contributed by atoms with Crippen molar-refractivity contribution in [2.24, 2.45) is 0 Å². The van der Waals surface area contributed by atoms with Crippen LogP contribution < -0.4 is 4.74 Å². The maximum Gasteiger partial charge on any atom is 0.307 e. The topological polar surface area (TPSA) is 44.8 Å². The zero-order valence-electron chi connectivity index (χ0n) is 15.2. The van der Waals surface area contributed by atoms with E-state index in [1.165, 1.54) is 26.2 Å². The Labute approximate surface area is 145 Å². The van der Waals surface area contributed by atoms with Crippen LogP contribution >= 0.6 is 0 Å². The third kappa shape index (κ3) is 8.73. The minimum Gasteiger partial charge on any atom is -0.497 e. The van der Waals surface area contributed by atoms with Crippen LogP contribution in [0.3, 0.4) is 0 Å². The Balaban J connectivity index is 2.51. The molecule has 0 aliphatic heterocycles. The molecule has 0 radical (unpaired) electrons. The van der Waals surface area contributed by atoms with Crippen LogP contribution in [0.1, 0.15) is 57.9 Å². The second-order valence-electron chi connectivity index (χ2n) is 5.97. The molecule has 24 heavy (non-hydrogen) atoms. The Morgan fingerprint density at radius 1 is 1.17 bits per heavy atom. The van der Waals surface area contributed by atoms with Crippen molar-refractivity contribution in [2.45, 2.75) is 65.1 Å². The summed E-state index contributed by atoms with van der Waals surface area (Å²) in [6, 6.07) is 7.83. The summed E-state index contributed by atoms with van der Waals surface area (Å²) in [5, 5.41) is 0. The quantitative estimate of drug-likeness (QED) is 0.306. The fraction of sp³-hybridized carbons (Fsp3) is 0.550. The molecule has 0 saturated carbocycles. The van der Waals surface area contributed by atoms with Gasteiger partial charge >= 0.3 is 5.97 Å². The molecule has 0 aliphatic carbocycles. The molecule has 0 fully saturated rings. The molecule has 0 bridgehead atoms. The number of esters is 1. The number of hydrogen-bond acceptors (Lipinski definition) is 4. The van der Waals surface area contributed by atoms with E-state index in [0.717, 1.165) is 24.2 Å². The van der Waals surface area contributed by atoms with Crippen LogP contribution in [0.25, 0.3) is 0 Å². The molecule has 1 aromatic rings. The van der Waals surface area contributed by atoms with Gasteiger partial charge in [-0.2, -0.15) is 0 Å². The molecule has 0 heterocycles. The first-order valence-electron chi connectivity index (χ1n) is 8.65. The molecule has 0 aromatic heterocycles. The summed E-state index contributed by atoms with van der Waals surface area (Å²) in [6.07, 6.45) is 6.23. The standard InChI is InChI=1S/C20H30O4/c1-5-6-7-8-9-20(14-16(2)24-17(3)21)23-15-18-10-12-19(22-4)13-11-18/h10-13,20H,2,5-9,14-15H2,1,3-4H3. The van der Waals surface area contributed by atoms with Gasteiger partial charge in [0.05, 0.1) is 19.8 Å². The van der Waals surface area contributed by atoms with E-state index in [0.29, 0.717) is 18.8 Å². The van der Waals surface area contributed by atoms with Crippen LogP contribution in [0.15, 0.2) is 36.6 Å². The van der Waals surface area contributed by atoms with Crippen LogP contribution in [0, 0.1) is 0 Å².